The lowest BCUT2D eigenvalue weighted by Gasteiger charge is -1.96. The smallest absolute Gasteiger partial charge is 0.331 e. The molecule has 15 heavy (non-hydrogen) atoms. The molecule has 0 spiro atoms. The van der Waals surface area contributed by atoms with Crippen molar-refractivity contribution in [1.29, 1.82) is 0 Å². The third-order valence-corrected chi connectivity index (χ3v) is 1.80. The van der Waals surface area contributed by atoms with Gasteiger partial charge in [0.05, 0.1) is 0 Å². The molecule has 0 unspecified atom stereocenters. The molecule has 0 saturated carbocycles. The van der Waals surface area contributed by atoms with E-state index in [-0.39, 0.29) is 0 Å². The van der Waals surface area contributed by atoms with Crippen molar-refractivity contribution in [2.75, 3.05) is 0 Å². The summed E-state index contributed by atoms with van der Waals surface area (Å²) in [6.07, 6.45) is 1.65. The Labute approximate surface area is 91.3 Å². The van der Waals surface area contributed by atoms with Gasteiger partial charge in [0.15, 0.2) is 0 Å². The van der Waals surface area contributed by atoms with Crippen molar-refractivity contribution >= 4 is 12.0 Å². The van der Waals surface area contributed by atoms with E-state index in [1.165, 1.54) is 5.56 Å². The molecule has 0 radical (unpaired) electrons. The predicted octanol–water partition coefficient (Wildman–Crippen LogP) is 3.51. The second kappa shape index (κ2) is 6.82. The van der Waals surface area contributed by atoms with Crippen molar-refractivity contribution in [2.45, 2.75) is 27.7 Å². The normalized spacial score (nSPS) is 10.3. The van der Waals surface area contributed by atoms with Crippen LogP contribution in [0.2, 0.25) is 0 Å². The van der Waals surface area contributed by atoms with Gasteiger partial charge in [0.25, 0.3) is 0 Å². The van der Waals surface area contributed by atoms with Crippen LogP contribution < -0.4 is 0 Å². The maximum atomic E-state index is 10.5. The summed E-state index contributed by atoms with van der Waals surface area (Å²) in [5.41, 5.74) is 2.44. The van der Waals surface area contributed by atoms with Crippen LogP contribution in [0.15, 0.2) is 29.8 Å². The van der Waals surface area contributed by atoms with Crippen molar-refractivity contribution in [2.24, 2.45) is 0 Å². The van der Waals surface area contributed by atoms with Gasteiger partial charge in [-0.2, -0.15) is 0 Å². The number of carbonyl (C=O) groups is 1. The average Bonchev–Trinajstić information content (AvgIpc) is 2.24. The molecule has 1 aromatic carbocycles. The van der Waals surface area contributed by atoms with Gasteiger partial charge in [0, 0.05) is 5.57 Å². The van der Waals surface area contributed by atoms with Crippen LogP contribution in [0.25, 0.3) is 6.08 Å². The van der Waals surface area contributed by atoms with Crippen LogP contribution in [0.5, 0.6) is 0 Å². The van der Waals surface area contributed by atoms with E-state index in [9.17, 15) is 4.79 Å². The molecule has 0 heterocycles. The fraction of sp³-hybridized carbons (Fsp3) is 0.308. The number of benzene rings is 1. The van der Waals surface area contributed by atoms with E-state index < -0.39 is 5.97 Å². The number of hydrogen-bond acceptors (Lipinski definition) is 1. The van der Waals surface area contributed by atoms with E-state index in [1.54, 1.807) is 13.0 Å². The first-order valence-corrected chi connectivity index (χ1v) is 5.08. The number of rotatable bonds is 2. The van der Waals surface area contributed by atoms with E-state index in [1.807, 2.05) is 45.0 Å². The monoisotopic (exact) mass is 206 g/mol. The minimum absolute atomic E-state index is 0.351. The Bertz CT molecular complexity index is 334. The minimum Gasteiger partial charge on any atom is -0.478 e. The third kappa shape index (κ3) is 5.01. The Kier molecular flexibility index (Phi) is 6.11. The molecule has 0 bridgehead atoms. The van der Waals surface area contributed by atoms with E-state index in [0.29, 0.717) is 5.57 Å². The van der Waals surface area contributed by atoms with Gasteiger partial charge in [-0.15, -0.1) is 0 Å². The zero-order valence-electron chi connectivity index (χ0n) is 9.74. The summed E-state index contributed by atoms with van der Waals surface area (Å²) in [6.45, 7) is 7.58. The van der Waals surface area contributed by atoms with Crippen LogP contribution in [-0.4, -0.2) is 11.1 Å². The van der Waals surface area contributed by atoms with Crippen LogP contribution in [0.3, 0.4) is 0 Å². The van der Waals surface area contributed by atoms with Crippen molar-refractivity contribution in [3.8, 4) is 0 Å². The SMILES string of the molecule is C/C(=C\c1ccc(C)cc1)C(=O)O.CC. The first-order valence-electron chi connectivity index (χ1n) is 5.08. The quantitative estimate of drug-likeness (QED) is 0.752. The van der Waals surface area contributed by atoms with Crippen LogP contribution >= 0.6 is 0 Å². The van der Waals surface area contributed by atoms with E-state index >= 15 is 0 Å². The summed E-state index contributed by atoms with van der Waals surface area (Å²) in [4.78, 5) is 10.5. The highest BCUT2D eigenvalue weighted by Crippen LogP contribution is 2.08. The summed E-state index contributed by atoms with van der Waals surface area (Å²) in [5.74, 6) is -0.874. The minimum atomic E-state index is -0.874. The standard InChI is InChI=1S/C11H12O2.C2H6/c1-8-3-5-10(6-4-8)7-9(2)11(12)13;1-2/h3-7H,1-2H3,(H,12,13);1-2H3/b9-7+;. The fourth-order valence-electron chi connectivity index (χ4n) is 0.974. The molecule has 1 rings (SSSR count). The highest BCUT2D eigenvalue weighted by atomic mass is 16.4. The molecule has 2 heteroatoms. The van der Waals surface area contributed by atoms with Crippen molar-refractivity contribution in [3.05, 3.63) is 41.0 Å². The Hall–Kier alpha value is -1.57. The van der Waals surface area contributed by atoms with Gasteiger partial charge in [0.1, 0.15) is 0 Å². The lowest BCUT2D eigenvalue weighted by molar-refractivity contribution is -0.132. The number of carboxylic acids is 1. The van der Waals surface area contributed by atoms with E-state index in [2.05, 4.69) is 0 Å². The third-order valence-electron chi connectivity index (χ3n) is 1.80. The maximum absolute atomic E-state index is 10.5. The summed E-state index contributed by atoms with van der Waals surface area (Å²) in [6, 6.07) is 7.73. The average molecular weight is 206 g/mol. The molecule has 1 N–H and O–H groups in total. The predicted molar refractivity (Wildman–Crippen MR) is 63.8 cm³/mol. The molecule has 0 aromatic heterocycles. The van der Waals surface area contributed by atoms with Crippen molar-refractivity contribution < 1.29 is 9.90 Å². The molecular weight excluding hydrogens is 188 g/mol. The zero-order valence-corrected chi connectivity index (χ0v) is 9.74. The molecule has 0 aliphatic rings. The molecular formula is C13H18O2. The van der Waals surface area contributed by atoms with Crippen LogP contribution in [0.4, 0.5) is 0 Å². The lowest BCUT2D eigenvalue weighted by Crippen LogP contribution is -1.95. The summed E-state index contributed by atoms with van der Waals surface area (Å²) >= 11 is 0. The largest absolute Gasteiger partial charge is 0.478 e. The van der Waals surface area contributed by atoms with E-state index in [4.69, 9.17) is 5.11 Å². The van der Waals surface area contributed by atoms with Gasteiger partial charge < -0.3 is 5.11 Å². The molecule has 2 nitrogen and oxygen atoms in total. The molecule has 0 aliphatic heterocycles. The first kappa shape index (κ1) is 13.4. The molecule has 0 atom stereocenters. The molecule has 0 fully saturated rings. The molecule has 82 valence electrons. The molecule has 0 saturated heterocycles. The van der Waals surface area contributed by atoms with Crippen molar-refractivity contribution in [1.82, 2.24) is 0 Å². The number of hydrogen-bond donors (Lipinski definition) is 1. The highest BCUT2D eigenvalue weighted by molar-refractivity contribution is 5.91. The zero-order chi connectivity index (χ0) is 11.8. The van der Waals surface area contributed by atoms with E-state index in [0.717, 1.165) is 5.56 Å². The number of carboxylic acid groups (broad SMARTS) is 1. The Morgan fingerprint density at radius 3 is 2.07 bits per heavy atom. The topological polar surface area (TPSA) is 37.3 Å². The van der Waals surface area contributed by atoms with Gasteiger partial charge in [-0.25, -0.2) is 4.79 Å². The van der Waals surface area contributed by atoms with Crippen molar-refractivity contribution in [3.63, 3.8) is 0 Å². The summed E-state index contributed by atoms with van der Waals surface area (Å²) in [7, 11) is 0. The second-order valence-corrected chi connectivity index (χ2v) is 3.04. The summed E-state index contributed by atoms with van der Waals surface area (Å²) < 4.78 is 0. The fourth-order valence-corrected chi connectivity index (χ4v) is 0.974. The van der Waals surface area contributed by atoms with Crippen LogP contribution in [-0.2, 0) is 4.79 Å². The second-order valence-electron chi connectivity index (χ2n) is 3.04. The number of aliphatic carboxylic acids is 1. The Morgan fingerprint density at radius 1 is 1.20 bits per heavy atom. The van der Waals surface area contributed by atoms with Gasteiger partial charge >= 0.3 is 5.97 Å². The van der Waals surface area contributed by atoms with Crippen LogP contribution in [0.1, 0.15) is 31.9 Å². The van der Waals surface area contributed by atoms with Gasteiger partial charge in [0.2, 0.25) is 0 Å². The summed E-state index contributed by atoms with van der Waals surface area (Å²) in [5, 5.41) is 8.63. The lowest BCUT2D eigenvalue weighted by atomic mass is 10.1. The maximum Gasteiger partial charge on any atom is 0.331 e. The van der Waals surface area contributed by atoms with Gasteiger partial charge in [-0.05, 0) is 25.5 Å². The Balaban J connectivity index is 0.000000921. The van der Waals surface area contributed by atoms with Gasteiger partial charge in [-0.1, -0.05) is 43.7 Å². The Morgan fingerprint density at radius 2 is 1.67 bits per heavy atom. The molecule has 1 aromatic rings. The van der Waals surface area contributed by atoms with Crippen LogP contribution in [0, 0.1) is 6.92 Å². The number of aryl methyl sites for hydroxylation is 1. The molecule has 0 aliphatic carbocycles. The highest BCUT2D eigenvalue weighted by Gasteiger charge is 1.98. The first-order chi connectivity index (χ1) is 7.09. The molecule has 0 amide bonds. The van der Waals surface area contributed by atoms with Gasteiger partial charge in [-0.3, -0.25) is 0 Å².